The van der Waals surface area contributed by atoms with Gasteiger partial charge in [0.2, 0.25) is 0 Å². The molecule has 0 aromatic rings. The predicted octanol–water partition coefficient (Wildman–Crippen LogP) is 7.99. The van der Waals surface area contributed by atoms with Crippen LogP contribution in [0.1, 0.15) is 140 Å². The summed E-state index contributed by atoms with van der Waals surface area (Å²) < 4.78 is 6.15. The van der Waals surface area contributed by atoms with Crippen molar-refractivity contribution < 1.29 is 29.3 Å². The Morgan fingerprint density at radius 2 is 1.56 bits per heavy atom. The topological polar surface area (TPSA) is 113 Å². The first-order chi connectivity index (χ1) is 22.1. The Hall–Kier alpha value is -1.73. The molecule has 0 spiro atoms. The van der Waals surface area contributed by atoms with Crippen molar-refractivity contribution in [1.82, 2.24) is 5.32 Å². The fourth-order valence-corrected chi connectivity index (χ4v) is 12.6. The van der Waals surface area contributed by atoms with Gasteiger partial charge in [0.1, 0.15) is 6.10 Å². The molecule has 0 aromatic carbocycles. The molecule has 0 unspecified atom stereocenters. The van der Waals surface area contributed by atoms with Gasteiger partial charge in [-0.1, -0.05) is 67.9 Å². The summed E-state index contributed by atoms with van der Waals surface area (Å²) in [5.41, 5.74) is 0.687. The van der Waals surface area contributed by atoms with E-state index in [9.17, 15) is 24.6 Å². The SMILES string of the molecule is CC(C)CNC[C@H](O)[C@@]12CC[C@]3(C)[C@H](CC[C@@H]4[C@@]5(C)CC[C@H](OC(=O)CC(C)(C)C(=O)O)C(C)(C)[C@H]5CC[C@]43C)C1=C(C(C)C)C(=O)C2. The first kappa shape index (κ1) is 37.5. The van der Waals surface area contributed by atoms with Gasteiger partial charge in [-0.25, -0.2) is 0 Å². The predicted molar refractivity (Wildman–Crippen MR) is 189 cm³/mol. The summed E-state index contributed by atoms with van der Waals surface area (Å²) in [7, 11) is 0. The minimum Gasteiger partial charge on any atom is -0.481 e. The van der Waals surface area contributed by atoms with Crippen molar-refractivity contribution in [3.8, 4) is 0 Å². The van der Waals surface area contributed by atoms with Crippen molar-refractivity contribution in [3.63, 3.8) is 0 Å². The number of nitrogens with one attached hydrogen (secondary N) is 1. The van der Waals surface area contributed by atoms with E-state index in [1.54, 1.807) is 13.8 Å². The Bertz CT molecular complexity index is 1330. The fourth-order valence-electron chi connectivity index (χ4n) is 12.6. The second-order valence-corrected chi connectivity index (χ2v) is 19.6. The van der Waals surface area contributed by atoms with Crippen LogP contribution in [0.4, 0.5) is 0 Å². The van der Waals surface area contributed by atoms with E-state index in [1.807, 2.05) is 0 Å². The van der Waals surface area contributed by atoms with Gasteiger partial charge >= 0.3 is 11.9 Å². The fraction of sp³-hybridized carbons (Fsp3) is 0.878. The molecule has 0 amide bonds. The molecule has 272 valence electrons. The molecule has 5 aliphatic rings. The zero-order valence-electron chi connectivity index (χ0n) is 32.1. The van der Waals surface area contributed by atoms with Crippen LogP contribution < -0.4 is 5.32 Å². The number of aliphatic hydroxyl groups excluding tert-OH is 1. The number of fused-ring (bicyclic) bond motifs is 7. The molecule has 4 saturated carbocycles. The molecule has 5 rings (SSSR count). The highest BCUT2D eigenvalue weighted by Gasteiger charge is 2.70. The van der Waals surface area contributed by atoms with E-state index in [0.717, 1.165) is 63.5 Å². The lowest BCUT2D eigenvalue weighted by atomic mass is 9.33. The summed E-state index contributed by atoms with van der Waals surface area (Å²) in [6, 6.07) is 0. The molecular formula is C41H67NO6. The highest BCUT2D eigenvalue weighted by molar-refractivity contribution is 6.00. The number of esters is 1. The van der Waals surface area contributed by atoms with Gasteiger partial charge in [0.05, 0.1) is 17.9 Å². The molecule has 7 nitrogen and oxygen atoms in total. The van der Waals surface area contributed by atoms with Gasteiger partial charge in [-0.05, 0) is 123 Å². The van der Waals surface area contributed by atoms with Crippen LogP contribution in [0.5, 0.6) is 0 Å². The molecular weight excluding hydrogens is 602 g/mol. The van der Waals surface area contributed by atoms with Crippen molar-refractivity contribution in [2.24, 2.45) is 62.1 Å². The number of hydrogen-bond acceptors (Lipinski definition) is 6. The van der Waals surface area contributed by atoms with Crippen LogP contribution in [0, 0.1) is 62.1 Å². The number of carbonyl (C=O) groups is 3. The van der Waals surface area contributed by atoms with Gasteiger partial charge in [0.15, 0.2) is 5.78 Å². The number of aliphatic hydroxyl groups is 1. The van der Waals surface area contributed by atoms with Crippen LogP contribution in [-0.4, -0.2) is 53.2 Å². The average molecular weight is 670 g/mol. The van der Waals surface area contributed by atoms with Gasteiger partial charge in [-0.2, -0.15) is 0 Å². The first-order valence-electron chi connectivity index (χ1n) is 19.2. The van der Waals surface area contributed by atoms with E-state index >= 15 is 0 Å². The molecule has 48 heavy (non-hydrogen) atoms. The maximum Gasteiger partial charge on any atom is 0.309 e. The molecule has 7 heteroatoms. The Morgan fingerprint density at radius 1 is 0.896 bits per heavy atom. The van der Waals surface area contributed by atoms with Crippen LogP contribution in [0.2, 0.25) is 0 Å². The third-order valence-corrected chi connectivity index (χ3v) is 15.4. The number of ketones is 1. The van der Waals surface area contributed by atoms with Gasteiger partial charge in [-0.3, -0.25) is 14.4 Å². The highest BCUT2D eigenvalue weighted by Crippen LogP contribution is 2.77. The Kier molecular flexibility index (Phi) is 9.77. The van der Waals surface area contributed by atoms with Crippen LogP contribution in [0.3, 0.4) is 0 Å². The largest absolute Gasteiger partial charge is 0.481 e. The Labute approximate surface area is 290 Å². The summed E-state index contributed by atoms with van der Waals surface area (Å²) in [4.78, 5) is 38.6. The van der Waals surface area contributed by atoms with Crippen LogP contribution in [-0.2, 0) is 19.1 Å². The van der Waals surface area contributed by atoms with Crippen LogP contribution in [0.15, 0.2) is 11.1 Å². The molecule has 0 radical (unpaired) electrons. The Balaban J connectivity index is 1.44. The maximum absolute atomic E-state index is 13.9. The molecule has 4 fully saturated rings. The number of carboxylic acid groups (broad SMARTS) is 1. The van der Waals surface area contributed by atoms with E-state index < -0.39 is 28.9 Å². The van der Waals surface area contributed by atoms with E-state index in [1.165, 1.54) is 5.57 Å². The molecule has 0 aromatic heterocycles. The monoisotopic (exact) mass is 669 g/mol. The zero-order valence-corrected chi connectivity index (χ0v) is 32.1. The van der Waals surface area contributed by atoms with E-state index in [4.69, 9.17) is 4.74 Å². The van der Waals surface area contributed by atoms with Crippen molar-refractivity contribution in [3.05, 3.63) is 11.1 Å². The van der Waals surface area contributed by atoms with E-state index in [2.05, 4.69) is 67.6 Å². The van der Waals surface area contributed by atoms with Crippen LogP contribution >= 0.6 is 0 Å². The lowest BCUT2D eigenvalue weighted by Gasteiger charge is -2.72. The number of hydrogen-bond donors (Lipinski definition) is 3. The molecule has 5 aliphatic carbocycles. The average Bonchev–Trinajstić information content (AvgIpc) is 3.27. The summed E-state index contributed by atoms with van der Waals surface area (Å²) in [5.74, 6) is 0.696. The third-order valence-electron chi connectivity index (χ3n) is 15.4. The minimum atomic E-state index is -1.15. The molecule has 0 heterocycles. The number of Topliss-reactive ketones (excluding diaryl/α,β-unsaturated/α-hetero) is 1. The van der Waals surface area contributed by atoms with Gasteiger partial charge in [0.25, 0.3) is 0 Å². The molecule has 0 saturated heterocycles. The second kappa shape index (κ2) is 12.5. The summed E-state index contributed by atoms with van der Waals surface area (Å²) in [6.07, 6.45) is 7.52. The normalized spacial score (nSPS) is 39.8. The highest BCUT2D eigenvalue weighted by atomic mass is 16.5. The lowest BCUT2D eigenvalue weighted by Crippen LogP contribution is -2.66. The van der Waals surface area contributed by atoms with Crippen LogP contribution in [0.25, 0.3) is 0 Å². The number of aliphatic carboxylic acids is 1. The molecule has 0 aliphatic heterocycles. The smallest absolute Gasteiger partial charge is 0.309 e. The van der Waals surface area contributed by atoms with Crippen molar-refractivity contribution in [1.29, 1.82) is 0 Å². The number of carboxylic acids is 1. The van der Waals surface area contributed by atoms with Gasteiger partial charge < -0.3 is 20.3 Å². The quantitative estimate of drug-likeness (QED) is 0.202. The lowest BCUT2D eigenvalue weighted by molar-refractivity contribution is -0.235. The number of allylic oxidation sites excluding steroid dienone is 1. The molecule has 9 atom stereocenters. The van der Waals surface area contributed by atoms with Crippen molar-refractivity contribution in [2.75, 3.05) is 13.1 Å². The van der Waals surface area contributed by atoms with E-state index in [-0.39, 0.29) is 45.9 Å². The standard InChI is InChI=1S/C41H67NO6/c1-24(2)22-42-23-30(44)41-19-18-39(10)26(34(41)33(25(3)4)27(43)20-41)12-13-29-38(9)16-15-31(48-32(45)21-36(5,6)35(46)47)37(7,8)28(38)14-17-40(29,39)11/h24-26,28-31,42,44H,12-23H2,1-11H3,(H,46,47)/t26-,28-,29-,30+,31+,38+,39-,40-,41+/m1/s1. The second-order valence-electron chi connectivity index (χ2n) is 19.6. The van der Waals surface area contributed by atoms with E-state index in [0.29, 0.717) is 36.6 Å². The number of ether oxygens (including phenoxy) is 1. The van der Waals surface area contributed by atoms with Gasteiger partial charge in [0, 0.05) is 23.8 Å². The minimum absolute atomic E-state index is 0.0223. The third kappa shape index (κ3) is 5.64. The zero-order chi connectivity index (χ0) is 35.8. The van der Waals surface area contributed by atoms with Crippen molar-refractivity contribution >= 4 is 17.7 Å². The number of rotatable bonds is 10. The Morgan fingerprint density at radius 3 is 2.17 bits per heavy atom. The summed E-state index contributed by atoms with van der Waals surface area (Å²) >= 11 is 0. The maximum atomic E-state index is 13.9. The van der Waals surface area contributed by atoms with Gasteiger partial charge in [-0.15, -0.1) is 0 Å². The molecule has 3 N–H and O–H groups in total. The van der Waals surface area contributed by atoms with Crippen molar-refractivity contribution in [2.45, 2.75) is 153 Å². The number of carbonyl (C=O) groups excluding carboxylic acids is 2. The first-order valence-corrected chi connectivity index (χ1v) is 19.2. The summed E-state index contributed by atoms with van der Waals surface area (Å²) in [6.45, 7) is 25.4. The summed E-state index contributed by atoms with van der Waals surface area (Å²) in [5, 5.41) is 25.0. The molecule has 0 bridgehead atoms.